The van der Waals surface area contributed by atoms with Crippen LogP contribution in [0.15, 0.2) is 12.1 Å². The minimum absolute atomic E-state index is 0.228. The lowest BCUT2D eigenvalue weighted by molar-refractivity contribution is 0.101. The molecule has 0 saturated heterocycles. The van der Waals surface area contributed by atoms with E-state index in [1.54, 1.807) is 0 Å². The molecule has 0 heterocycles. The minimum atomic E-state index is -0.228. The first-order chi connectivity index (χ1) is 6.60. The summed E-state index contributed by atoms with van der Waals surface area (Å²) in [6, 6.07) is 4.91. The molecular weight excluding hydrogens is 202 g/mol. The number of benzene rings is 1. The van der Waals surface area contributed by atoms with Crippen LogP contribution in [0.1, 0.15) is 22.8 Å². The summed E-state index contributed by atoms with van der Waals surface area (Å²) >= 11 is 5.84. The summed E-state index contributed by atoms with van der Waals surface area (Å²) in [5, 5.41) is 9.04. The van der Waals surface area contributed by atoms with Crippen LogP contribution >= 0.6 is 11.6 Å². The van der Waals surface area contributed by atoms with Gasteiger partial charge in [-0.3, -0.25) is 4.79 Å². The fourth-order valence-electron chi connectivity index (χ4n) is 1.15. The van der Waals surface area contributed by atoms with Crippen molar-refractivity contribution in [3.05, 3.63) is 28.3 Å². The van der Waals surface area contributed by atoms with Gasteiger partial charge in [-0.1, -0.05) is 11.6 Å². The van der Waals surface area contributed by atoms with E-state index in [4.69, 9.17) is 21.6 Å². The van der Waals surface area contributed by atoms with E-state index < -0.39 is 0 Å². The Labute approximate surface area is 86.9 Å². The number of ketones is 1. The molecule has 0 aliphatic rings. The van der Waals surface area contributed by atoms with Crippen LogP contribution in [-0.2, 0) is 0 Å². The molecule has 1 aromatic carbocycles. The third-order valence-corrected chi connectivity index (χ3v) is 2.07. The van der Waals surface area contributed by atoms with E-state index in [1.807, 2.05) is 6.07 Å². The zero-order valence-electron chi connectivity index (χ0n) is 7.80. The highest BCUT2D eigenvalue weighted by molar-refractivity contribution is 6.34. The number of Topliss-reactive ketones (excluding diaryl/α,β-unsaturated/α-hetero) is 1. The lowest BCUT2D eigenvalue weighted by atomic mass is 10.0. The molecule has 4 heteroatoms. The number of hydrogen-bond donors (Lipinski definition) is 0. The number of methoxy groups -OCH3 is 1. The van der Waals surface area contributed by atoms with Crippen LogP contribution in [0.3, 0.4) is 0 Å². The minimum Gasteiger partial charge on any atom is -0.497 e. The van der Waals surface area contributed by atoms with E-state index in [-0.39, 0.29) is 21.9 Å². The van der Waals surface area contributed by atoms with Gasteiger partial charge in [-0.25, -0.2) is 0 Å². The van der Waals surface area contributed by atoms with Crippen LogP contribution in [0.2, 0.25) is 5.02 Å². The first-order valence-corrected chi connectivity index (χ1v) is 4.26. The molecule has 0 aliphatic heterocycles. The van der Waals surface area contributed by atoms with E-state index in [9.17, 15) is 4.79 Å². The smallest absolute Gasteiger partial charge is 0.162 e. The van der Waals surface area contributed by atoms with Crippen molar-refractivity contribution in [2.24, 2.45) is 0 Å². The van der Waals surface area contributed by atoms with Crippen LogP contribution in [0.5, 0.6) is 5.75 Å². The summed E-state index contributed by atoms with van der Waals surface area (Å²) in [4.78, 5) is 11.2. The number of carbonyl (C=O) groups excluding carboxylic acids is 1. The Hall–Kier alpha value is -1.53. The highest BCUT2D eigenvalue weighted by Crippen LogP contribution is 2.26. The van der Waals surface area contributed by atoms with Gasteiger partial charge in [0.25, 0.3) is 0 Å². The molecule has 3 nitrogen and oxygen atoms in total. The Bertz CT molecular complexity index is 421. The van der Waals surface area contributed by atoms with Gasteiger partial charge in [0.15, 0.2) is 5.78 Å². The largest absolute Gasteiger partial charge is 0.497 e. The number of carbonyl (C=O) groups is 1. The van der Waals surface area contributed by atoms with Crippen molar-refractivity contribution in [2.45, 2.75) is 6.92 Å². The van der Waals surface area contributed by atoms with Gasteiger partial charge in [0, 0.05) is 0 Å². The average Bonchev–Trinajstić information content (AvgIpc) is 2.15. The second-order valence-corrected chi connectivity index (χ2v) is 3.11. The molecule has 72 valence electrons. The summed E-state index contributed by atoms with van der Waals surface area (Å²) in [7, 11) is 1.47. The standard InChI is InChI=1S/C10H8ClNO2/c1-6(13)10-7(5-12)3-8(14-2)4-9(10)11/h3-4H,1-2H3. The molecule has 14 heavy (non-hydrogen) atoms. The van der Waals surface area contributed by atoms with E-state index in [0.717, 1.165) is 0 Å². The monoisotopic (exact) mass is 209 g/mol. The zero-order valence-corrected chi connectivity index (χ0v) is 8.55. The van der Waals surface area contributed by atoms with Crippen molar-refractivity contribution in [2.75, 3.05) is 7.11 Å². The van der Waals surface area contributed by atoms with Gasteiger partial charge < -0.3 is 4.74 Å². The second kappa shape index (κ2) is 4.12. The van der Waals surface area contributed by atoms with Crippen LogP contribution < -0.4 is 4.74 Å². The fraction of sp³-hybridized carbons (Fsp3) is 0.200. The van der Waals surface area contributed by atoms with Gasteiger partial charge >= 0.3 is 0 Å². The fourth-order valence-corrected chi connectivity index (χ4v) is 1.49. The van der Waals surface area contributed by atoms with Crippen molar-refractivity contribution in [1.82, 2.24) is 0 Å². The third-order valence-electron chi connectivity index (χ3n) is 1.77. The molecular formula is C10H8ClNO2. The summed E-state index contributed by atoms with van der Waals surface area (Å²) in [6.07, 6.45) is 0. The molecule has 0 unspecified atom stereocenters. The summed E-state index contributed by atoms with van der Waals surface area (Å²) < 4.78 is 4.93. The Morgan fingerprint density at radius 3 is 2.64 bits per heavy atom. The lowest BCUT2D eigenvalue weighted by Crippen LogP contribution is -1.99. The topological polar surface area (TPSA) is 50.1 Å². The Morgan fingerprint density at radius 1 is 1.57 bits per heavy atom. The van der Waals surface area contributed by atoms with Gasteiger partial charge in [0.05, 0.1) is 23.3 Å². The summed E-state index contributed by atoms with van der Waals surface area (Å²) in [5.74, 6) is 0.241. The predicted molar refractivity (Wildman–Crippen MR) is 52.7 cm³/mol. The molecule has 0 aromatic heterocycles. The van der Waals surface area contributed by atoms with Gasteiger partial charge in [0.2, 0.25) is 0 Å². The van der Waals surface area contributed by atoms with E-state index in [0.29, 0.717) is 5.75 Å². The highest BCUT2D eigenvalue weighted by atomic mass is 35.5. The first kappa shape index (κ1) is 10.6. The second-order valence-electron chi connectivity index (χ2n) is 2.70. The molecule has 1 aromatic rings. The zero-order chi connectivity index (χ0) is 10.7. The summed E-state index contributed by atoms with van der Waals surface area (Å²) in [5.41, 5.74) is 0.483. The molecule has 0 atom stereocenters. The normalized spacial score (nSPS) is 9.29. The molecule has 0 fully saturated rings. The quantitative estimate of drug-likeness (QED) is 0.703. The highest BCUT2D eigenvalue weighted by Gasteiger charge is 2.13. The molecule has 0 N–H and O–H groups in total. The molecule has 0 amide bonds. The number of halogens is 1. The predicted octanol–water partition coefficient (Wildman–Crippen LogP) is 2.42. The number of ether oxygens (including phenoxy) is 1. The van der Waals surface area contributed by atoms with E-state index in [1.165, 1.54) is 26.2 Å². The number of nitrogens with zero attached hydrogens (tertiary/aromatic N) is 1. The lowest BCUT2D eigenvalue weighted by Gasteiger charge is -2.05. The maximum Gasteiger partial charge on any atom is 0.162 e. The molecule has 0 saturated carbocycles. The maximum atomic E-state index is 11.2. The van der Waals surface area contributed by atoms with Crippen molar-refractivity contribution in [3.8, 4) is 11.8 Å². The van der Waals surface area contributed by atoms with Crippen LogP contribution in [0, 0.1) is 11.3 Å². The summed E-state index contributed by atoms with van der Waals surface area (Å²) in [6.45, 7) is 1.37. The first-order valence-electron chi connectivity index (χ1n) is 3.88. The van der Waals surface area contributed by atoms with E-state index in [2.05, 4.69) is 0 Å². The van der Waals surface area contributed by atoms with Crippen molar-refractivity contribution >= 4 is 17.4 Å². The number of rotatable bonds is 2. The third kappa shape index (κ3) is 1.86. The SMILES string of the molecule is COc1cc(Cl)c(C(C)=O)c(C#N)c1. The maximum absolute atomic E-state index is 11.2. The van der Waals surface area contributed by atoms with Gasteiger partial charge in [-0.05, 0) is 19.1 Å². The van der Waals surface area contributed by atoms with Crippen LogP contribution in [0.25, 0.3) is 0 Å². The molecule has 0 spiro atoms. The molecule has 0 bridgehead atoms. The Balaban J connectivity index is 3.44. The Kier molecular flexibility index (Phi) is 3.10. The van der Waals surface area contributed by atoms with Gasteiger partial charge in [-0.2, -0.15) is 5.26 Å². The van der Waals surface area contributed by atoms with Crippen LogP contribution in [-0.4, -0.2) is 12.9 Å². The molecule has 1 rings (SSSR count). The van der Waals surface area contributed by atoms with Crippen molar-refractivity contribution in [1.29, 1.82) is 5.26 Å². The Morgan fingerprint density at radius 2 is 2.21 bits per heavy atom. The van der Waals surface area contributed by atoms with Crippen molar-refractivity contribution in [3.63, 3.8) is 0 Å². The average molecular weight is 210 g/mol. The van der Waals surface area contributed by atoms with Crippen molar-refractivity contribution < 1.29 is 9.53 Å². The molecule has 0 aliphatic carbocycles. The van der Waals surface area contributed by atoms with Crippen LogP contribution in [0.4, 0.5) is 0 Å². The van der Waals surface area contributed by atoms with E-state index >= 15 is 0 Å². The van der Waals surface area contributed by atoms with Gasteiger partial charge in [0.1, 0.15) is 11.8 Å². The molecule has 0 radical (unpaired) electrons. The number of hydrogen-bond acceptors (Lipinski definition) is 3. The number of nitriles is 1. The van der Waals surface area contributed by atoms with Gasteiger partial charge in [-0.15, -0.1) is 0 Å².